The summed E-state index contributed by atoms with van der Waals surface area (Å²) in [6.45, 7) is 13.5. The van der Waals surface area contributed by atoms with Crippen molar-refractivity contribution >= 4 is 23.9 Å². The number of benzene rings is 3. The van der Waals surface area contributed by atoms with E-state index in [1.54, 1.807) is 24.3 Å². The van der Waals surface area contributed by atoms with E-state index in [-0.39, 0.29) is 45.3 Å². The summed E-state index contributed by atoms with van der Waals surface area (Å²) in [6, 6.07) is 14.1. The summed E-state index contributed by atoms with van der Waals surface area (Å²) in [6.07, 6.45) is 3.18. The van der Waals surface area contributed by atoms with Crippen molar-refractivity contribution in [1.29, 1.82) is 0 Å². The molecule has 51 heavy (non-hydrogen) atoms. The van der Waals surface area contributed by atoms with E-state index < -0.39 is 50.3 Å². The van der Waals surface area contributed by atoms with Crippen molar-refractivity contribution in [3.05, 3.63) is 109 Å². The Hall–Kier alpha value is -5.66. The number of hydrogen-bond acceptors (Lipinski definition) is 12. The average Bonchev–Trinajstić information content (AvgIpc) is 3.13. The van der Waals surface area contributed by atoms with Crippen molar-refractivity contribution in [3.8, 4) is 45.3 Å². The minimum atomic E-state index is -0.916. The largest absolute Gasteiger partial charge is 0.423 e. The van der Waals surface area contributed by atoms with Crippen LogP contribution in [-0.4, -0.2) is 70.7 Å². The molecule has 0 aliphatic rings. The van der Waals surface area contributed by atoms with Crippen LogP contribution in [0.3, 0.4) is 0 Å². The summed E-state index contributed by atoms with van der Waals surface area (Å²) in [5.41, 5.74) is 2.07. The first-order chi connectivity index (χ1) is 24.4. The third-order valence-electron chi connectivity index (χ3n) is 7.41. The van der Waals surface area contributed by atoms with Crippen molar-refractivity contribution in [2.75, 3.05) is 26.4 Å². The molecular formula is C39H40O12. The summed E-state index contributed by atoms with van der Waals surface area (Å²) in [4.78, 5) is 50.0. The highest BCUT2D eigenvalue weighted by molar-refractivity contribution is 5.94. The molecule has 0 saturated heterocycles. The van der Waals surface area contributed by atoms with Gasteiger partial charge in [-0.15, -0.1) is 0 Å². The zero-order valence-corrected chi connectivity index (χ0v) is 28.2. The van der Waals surface area contributed by atoms with Gasteiger partial charge in [0, 0.05) is 23.3 Å². The lowest BCUT2D eigenvalue weighted by atomic mass is 9.91. The van der Waals surface area contributed by atoms with Crippen LogP contribution in [0.25, 0.3) is 22.3 Å². The Bertz CT molecular complexity index is 1850. The lowest BCUT2D eigenvalue weighted by Crippen LogP contribution is -2.15. The Morgan fingerprint density at radius 1 is 0.529 bits per heavy atom. The number of carbonyl (C=O) groups is 4. The zero-order chi connectivity index (χ0) is 37.7. The van der Waals surface area contributed by atoms with E-state index in [9.17, 15) is 39.6 Å². The molecule has 12 nitrogen and oxygen atoms in total. The minimum Gasteiger partial charge on any atom is -0.423 e. The Labute approximate surface area is 295 Å². The fraction of sp³-hybridized carbons (Fsp3) is 0.231. The van der Waals surface area contributed by atoms with Gasteiger partial charge in [-0.1, -0.05) is 64.3 Å². The highest BCUT2D eigenvalue weighted by Crippen LogP contribution is 2.40. The third kappa shape index (κ3) is 10.7. The Morgan fingerprint density at radius 2 is 0.941 bits per heavy atom. The molecule has 0 heterocycles. The Balaban J connectivity index is 2.20. The van der Waals surface area contributed by atoms with Gasteiger partial charge in [-0.3, -0.25) is 0 Å². The Morgan fingerprint density at radius 3 is 1.39 bits per heavy atom. The van der Waals surface area contributed by atoms with Gasteiger partial charge in [0.25, 0.3) is 0 Å². The lowest BCUT2D eigenvalue weighted by Gasteiger charge is -2.18. The maximum Gasteiger partial charge on any atom is 0.341 e. The third-order valence-corrected chi connectivity index (χ3v) is 7.41. The Kier molecular flexibility index (Phi) is 14.8. The van der Waals surface area contributed by atoms with Gasteiger partial charge in [0.05, 0.1) is 48.7 Å². The van der Waals surface area contributed by atoms with E-state index >= 15 is 0 Å². The molecule has 0 atom stereocenters. The van der Waals surface area contributed by atoms with Crippen LogP contribution >= 0.6 is 0 Å². The predicted molar refractivity (Wildman–Crippen MR) is 188 cm³/mol. The molecule has 0 spiro atoms. The maximum absolute atomic E-state index is 12.7. The van der Waals surface area contributed by atoms with Gasteiger partial charge in [0.1, 0.15) is 23.0 Å². The second kappa shape index (κ2) is 18.9. The van der Waals surface area contributed by atoms with Crippen molar-refractivity contribution in [1.82, 2.24) is 0 Å². The normalized spacial score (nSPS) is 10.5. The quantitative estimate of drug-likeness (QED) is 0.0628. The molecule has 0 radical (unpaired) electrons. The molecule has 0 aliphatic heterocycles. The van der Waals surface area contributed by atoms with Gasteiger partial charge in [0.15, 0.2) is 0 Å². The molecular weight excluding hydrogens is 660 g/mol. The number of rotatable bonds is 18. The van der Waals surface area contributed by atoms with Gasteiger partial charge in [-0.25, -0.2) is 19.2 Å². The first-order valence-electron chi connectivity index (χ1n) is 15.8. The molecule has 12 heteroatoms. The highest BCUT2D eigenvalue weighted by Gasteiger charge is 2.21. The molecule has 3 aromatic carbocycles. The predicted octanol–water partition coefficient (Wildman–Crippen LogP) is 4.57. The van der Waals surface area contributed by atoms with E-state index in [1.165, 1.54) is 24.3 Å². The highest BCUT2D eigenvalue weighted by atomic mass is 16.6. The first-order valence-corrected chi connectivity index (χ1v) is 15.8. The molecule has 3 rings (SSSR count). The average molecular weight is 701 g/mol. The summed E-state index contributed by atoms with van der Waals surface area (Å²) in [5, 5.41) is 37.4. The lowest BCUT2D eigenvalue weighted by molar-refractivity contribution is -0.131. The SMILES string of the molecule is C=C(CO)C(=O)Oc1ccc(-c2ccc(-c3ccc(OC(=O)C(=C)CO)cc3OC(=O)C(=C)CO)c(CCCCC)c2)c(OC(=O)C(=C)CO)c1. The van der Waals surface area contributed by atoms with E-state index in [4.69, 9.17) is 18.9 Å². The molecule has 0 bridgehead atoms. The molecule has 0 unspecified atom stereocenters. The molecule has 0 fully saturated rings. The molecule has 4 N–H and O–H groups in total. The monoisotopic (exact) mass is 700 g/mol. The van der Waals surface area contributed by atoms with Gasteiger partial charge >= 0.3 is 23.9 Å². The number of carbonyl (C=O) groups excluding carboxylic acids is 4. The number of unbranched alkanes of at least 4 members (excludes halogenated alkanes) is 2. The number of hydrogen-bond donors (Lipinski definition) is 4. The number of esters is 4. The molecule has 0 aromatic heterocycles. The summed E-state index contributed by atoms with van der Waals surface area (Å²) < 4.78 is 21.8. The van der Waals surface area contributed by atoms with Gasteiger partial charge < -0.3 is 39.4 Å². The van der Waals surface area contributed by atoms with Crippen LogP contribution in [0.1, 0.15) is 31.7 Å². The minimum absolute atomic E-state index is 0.000747. The number of aliphatic hydroxyl groups excluding tert-OH is 4. The van der Waals surface area contributed by atoms with Crippen LogP contribution in [0, 0.1) is 0 Å². The molecule has 268 valence electrons. The van der Waals surface area contributed by atoms with Crippen molar-refractivity contribution in [3.63, 3.8) is 0 Å². The van der Waals surface area contributed by atoms with Crippen LogP contribution in [0.5, 0.6) is 23.0 Å². The van der Waals surface area contributed by atoms with Crippen molar-refractivity contribution < 1.29 is 58.6 Å². The number of ether oxygens (including phenoxy) is 4. The summed E-state index contributed by atoms with van der Waals surface area (Å²) in [5.74, 6) is -3.63. The fourth-order valence-electron chi connectivity index (χ4n) is 4.52. The molecule has 0 saturated carbocycles. The van der Waals surface area contributed by atoms with Crippen LogP contribution < -0.4 is 18.9 Å². The first kappa shape index (κ1) is 39.8. The zero-order valence-electron chi connectivity index (χ0n) is 28.2. The van der Waals surface area contributed by atoms with E-state index in [0.717, 1.165) is 24.8 Å². The summed E-state index contributed by atoms with van der Waals surface area (Å²) in [7, 11) is 0. The second-order valence-electron chi connectivity index (χ2n) is 11.2. The standard InChI is InChI=1S/C39H40O12/c1-6-7-8-9-27-16-28(32-14-11-29(48-36(44)23(2)19-40)17-34(32)50-38(46)25(4)21-42)10-13-31(27)33-15-12-30(49-37(45)24(3)20-41)18-35(33)51-39(47)26(5)22-43/h10-18,40-43H,2-9,19-22H2,1H3. The van der Waals surface area contributed by atoms with Gasteiger partial charge in [-0.2, -0.15) is 0 Å². The smallest absolute Gasteiger partial charge is 0.341 e. The van der Waals surface area contributed by atoms with Crippen molar-refractivity contribution in [2.45, 2.75) is 32.6 Å². The van der Waals surface area contributed by atoms with Gasteiger partial charge in [-0.05, 0) is 53.8 Å². The maximum atomic E-state index is 12.7. The summed E-state index contributed by atoms with van der Waals surface area (Å²) >= 11 is 0. The molecule has 3 aromatic rings. The van der Waals surface area contributed by atoms with E-state index in [1.807, 2.05) is 6.07 Å². The van der Waals surface area contributed by atoms with Crippen LogP contribution in [0.15, 0.2) is 103 Å². The van der Waals surface area contributed by atoms with E-state index in [2.05, 4.69) is 33.2 Å². The fourth-order valence-corrected chi connectivity index (χ4v) is 4.52. The number of aryl methyl sites for hydroxylation is 1. The molecule has 0 amide bonds. The van der Waals surface area contributed by atoms with Crippen LogP contribution in [0.2, 0.25) is 0 Å². The van der Waals surface area contributed by atoms with Crippen LogP contribution in [0.4, 0.5) is 0 Å². The van der Waals surface area contributed by atoms with Crippen molar-refractivity contribution in [2.24, 2.45) is 0 Å². The van der Waals surface area contributed by atoms with Crippen LogP contribution in [-0.2, 0) is 25.6 Å². The van der Waals surface area contributed by atoms with E-state index in [0.29, 0.717) is 28.7 Å². The van der Waals surface area contributed by atoms with Gasteiger partial charge in [0.2, 0.25) is 0 Å². The molecule has 0 aliphatic carbocycles. The number of aliphatic hydroxyl groups is 4. The second-order valence-corrected chi connectivity index (χ2v) is 11.2. The topological polar surface area (TPSA) is 186 Å².